The molecule has 0 aromatic heterocycles. The number of nitrogens with zero attached hydrogens (tertiary/aromatic N) is 2. The Morgan fingerprint density at radius 2 is 1.45 bits per heavy atom. The van der Waals surface area contributed by atoms with Crippen LogP contribution in [0.5, 0.6) is 0 Å². The second kappa shape index (κ2) is 6.39. The fraction of sp³-hybridized carbons (Fsp3) is 0.824. The molecule has 3 fully saturated rings. The van der Waals surface area contributed by atoms with Crippen molar-refractivity contribution < 1.29 is 14.4 Å². The van der Waals surface area contributed by atoms with Gasteiger partial charge in [-0.1, -0.05) is 32.1 Å². The molecule has 1 aliphatic heterocycles. The predicted octanol–water partition coefficient (Wildman–Crippen LogP) is 1.95. The Bertz CT molecular complexity index is 447. The molecule has 1 heterocycles. The third-order valence-corrected chi connectivity index (χ3v) is 5.74. The van der Waals surface area contributed by atoms with Crippen LogP contribution in [0.2, 0.25) is 0 Å². The number of hydrogen-bond acceptors (Lipinski definition) is 3. The molecule has 0 bridgehead atoms. The minimum atomic E-state index is -0.158. The largest absolute Gasteiger partial charge is 0.341 e. The number of carbonyl (C=O) groups excluding carboxylic acids is 3. The van der Waals surface area contributed by atoms with E-state index >= 15 is 0 Å². The van der Waals surface area contributed by atoms with Crippen LogP contribution in [0.4, 0.5) is 0 Å². The second-order valence-electron chi connectivity index (χ2n) is 7.06. The first kappa shape index (κ1) is 15.5. The molecule has 1 saturated heterocycles. The van der Waals surface area contributed by atoms with E-state index in [0.717, 1.165) is 51.4 Å². The molecule has 3 aliphatic rings. The number of fused-ring (bicyclic) bond motifs is 1. The van der Waals surface area contributed by atoms with E-state index in [0.29, 0.717) is 0 Å². The second-order valence-corrected chi connectivity index (χ2v) is 7.06. The number of imide groups is 1. The molecule has 2 atom stereocenters. The first-order valence-corrected chi connectivity index (χ1v) is 8.70. The summed E-state index contributed by atoms with van der Waals surface area (Å²) < 4.78 is 0. The number of rotatable bonds is 3. The van der Waals surface area contributed by atoms with Gasteiger partial charge in [0.25, 0.3) is 0 Å². The van der Waals surface area contributed by atoms with Gasteiger partial charge in [0.1, 0.15) is 6.54 Å². The number of likely N-dealkylation sites (tertiary alicyclic amines) is 1. The van der Waals surface area contributed by atoms with E-state index in [2.05, 4.69) is 0 Å². The minimum absolute atomic E-state index is 0.0579. The quantitative estimate of drug-likeness (QED) is 0.749. The molecule has 2 unspecified atom stereocenters. The summed E-state index contributed by atoms with van der Waals surface area (Å²) in [5, 5.41) is 0. The maximum Gasteiger partial charge on any atom is 0.242 e. The molecule has 5 heteroatoms. The highest BCUT2D eigenvalue weighted by molar-refractivity contribution is 6.07. The molecule has 0 radical (unpaired) electrons. The van der Waals surface area contributed by atoms with Crippen molar-refractivity contribution >= 4 is 17.7 Å². The first-order chi connectivity index (χ1) is 10.6. The molecule has 0 spiro atoms. The molecule has 0 N–H and O–H groups in total. The Labute approximate surface area is 132 Å². The predicted molar refractivity (Wildman–Crippen MR) is 81.8 cm³/mol. The third-order valence-electron chi connectivity index (χ3n) is 5.74. The molecule has 122 valence electrons. The van der Waals surface area contributed by atoms with Gasteiger partial charge in [0, 0.05) is 13.1 Å². The van der Waals surface area contributed by atoms with Crippen molar-refractivity contribution in [2.75, 3.05) is 13.6 Å². The molecule has 22 heavy (non-hydrogen) atoms. The molecular formula is C17H26N2O3. The van der Waals surface area contributed by atoms with Gasteiger partial charge in [0.05, 0.1) is 11.8 Å². The Morgan fingerprint density at radius 1 is 0.955 bits per heavy atom. The van der Waals surface area contributed by atoms with E-state index < -0.39 is 0 Å². The number of amides is 3. The molecule has 2 aliphatic carbocycles. The average Bonchev–Trinajstić information content (AvgIpc) is 2.80. The highest BCUT2D eigenvalue weighted by Crippen LogP contribution is 2.38. The van der Waals surface area contributed by atoms with Crippen LogP contribution in [0, 0.1) is 11.8 Å². The normalized spacial score (nSPS) is 29.6. The summed E-state index contributed by atoms with van der Waals surface area (Å²) in [6.45, 7) is -0.0579. The first-order valence-electron chi connectivity index (χ1n) is 8.70. The van der Waals surface area contributed by atoms with E-state index in [9.17, 15) is 14.4 Å². The zero-order valence-corrected chi connectivity index (χ0v) is 13.4. The van der Waals surface area contributed by atoms with Gasteiger partial charge in [-0.25, -0.2) is 0 Å². The van der Waals surface area contributed by atoms with Crippen LogP contribution in [-0.2, 0) is 14.4 Å². The van der Waals surface area contributed by atoms with Crippen LogP contribution in [0.1, 0.15) is 57.8 Å². The molecule has 3 amide bonds. The Morgan fingerprint density at radius 3 is 2.00 bits per heavy atom. The zero-order valence-electron chi connectivity index (χ0n) is 13.4. The van der Waals surface area contributed by atoms with Crippen molar-refractivity contribution in [2.45, 2.75) is 63.8 Å². The van der Waals surface area contributed by atoms with Crippen LogP contribution < -0.4 is 0 Å². The summed E-state index contributed by atoms with van der Waals surface area (Å²) in [5.41, 5.74) is 0. The van der Waals surface area contributed by atoms with Gasteiger partial charge in [-0.2, -0.15) is 0 Å². The van der Waals surface area contributed by atoms with E-state index in [1.165, 1.54) is 11.3 Å². The van der Waals surface area contributed by atoms with Crippen molar-refractivity contribution in [2.24, 2.45) is 11.8 Å². The van der Waals surface area contributed by atoms with Crippen molar-refractivity contribution in [3.8, 4) is 0 Å². The maximum absolute atomic E-state index is 12.5. The van der Waals surface area contributed by atoms with Crippen molar-refractivity contribution in [3.05, 3.63) is 0 Å². The van der Waals surface area contributed by atoms with E-state index in [-0.39, 0.29) is 42.1 Å². The molecule has 5 nitrogen and oxygen atoms in total. The van der Waals surface area contributed by atoms with Crippen molar-refractivity contribution in [1.29, 1.82) is 0 Å². The summed E-state index contributed by atoms with van der Waals surface area (Å²) in [4.78, 5) is 40.3. The summed E-state index contributed by atoms with van der Waals surface area (Å²) >= 11 is 0. The molecule has 3 rings (SSSR count). The Hall–Kier alpha value is -1.39. The molecular weight excluding hydrogens is 280 g/mol. The van der Waals surface area contributed by atoms with Gasteiger partial charge < -0.3 is 4.90 Å². The van der Waals surface area contributed by atoms with Gasteiger partial charge in [-0.15, -0.1) is 0 Å². The summed E-state index contributed by atoms with van der Waals surface area (Å²) in [6, 6.07) is 0.274. The van der Waals surface area contributed by atoms with Gasteiger partial charge >= 0.3 is 0 Å². The molecule has 2 saturated carbocycles. The standard InChI is InChI=1S/C17H26N2O3/c1-18(12-7-3-2-4-8-12)15(20)11-19-16(21)13-9-5-6-10-14(13)17(19)22/h12-14H,2-11H2,1H3. The molecule has 0 aromatic rings. The lowest BCUT2D eigenvalue weighted by Crippen LogP contribution is -2.46. The highest BCUT2D eigenvalue weighted by atomic mass is 16.2. The number of hydrogen-bond donors (Lipinski definition) is 0. The summed E-state index contributed by atoms with van der Waals surface area (Å²) in [5.74, 6) is -0.629. The average molecular weight is 306 g/mol. The summed E-state index contributed by atoms with van der Waals surface area (Å²) in [7, 11) is 1.82. The molecule has 0 aromatic carbocycles. The highest BCUT2D eigenvalue weighted by Gasteiger charge is 2.48. The monoisotopic (exact) mass is 306 g/mol. The van der Waals surface area contributed by atoms with E-state index in [1.807, 2.05) is 7.05 Å². The smallest absolute Gasteiger partial charge is 0.242 e. The van der Waals surface area contributed by atoms with Gasteiger partial charge in [0.2, 0.25) is 17.7 Å². The lowest BCUT2D eigenvalue weighted by molar-refractivity contribution is -0.147. The zero-order chi connectivity index (χ0) is 15.7. The van der Waals surface area contributed by atoms with Gasteiger partial charge in [-0.05, 0) is 25.7 Å². The number of likely N-dealkylation sites (N-methyl/N-ethyl adjacent to an activating group) is 1. The lowest BCUT2D eigenvalue weighted by atomic mass is 9.81. The summed E-state index contributed by atoms with van der Waals surface area (Å²) in [6.07, 6.45) is 9.28. The maximum atomic E-state index is 12.5. The van der Waals surface area contributed by atoms with Gasteiger partial charge in [0.15, 0.2) is 0 Å². The minimum Gasteiger partial charge on any atom is -0.341 e. The SMILES string of the molecule is CN(C(=O)CN1C(=O)C2CCCCC2C1=O)C1CCCCC1. The fourth-order valence-electron chi connectivity index (χ4n) is 4.31. The lowest BCUT2D eigenvalue weighted by Gasteiger charge is -2.32. The third kappa shape index (κ3) is 2.77. The van der Waals surface area contributed by atoms with Crippen molar-refractivity contribution in [3.63, 3.8) is 0 Å². The van der Waals surface area contributed by atoms with Crippen LogP contribution in [0.15, 0.2) is 0 Å². The van der Waals surface area contributed by atoms with Crippen LogP contribution in [0.3, 0.4) is 0 Å². The topological polar surface area (TPSA) is 57.7 Å². The Balaban J connectivity index is 1.63. The van der Waals surface area contributed by atoms with Gasteiger partial charge in [-0.3, -0.25) is 19.3 Å². The van der Waals surface area contributed by atoms with Crippen LogP contribution >= 0.6 is 0 Å². The van der Waals surface area contributed by atoms with E-state index in [1.54, 1.807) is 4.90 Å². The fourth-order valence-corrected chi connectivity index (χ4v) is 4.31. The number of carbonyl (C=O) groups is 3. The van der Waals surface area contributed by atoms with Crippen molar-refractivity contribution in [1.82, 2.24) is 9.80 Å². The van der Waals surface area contributed by atoms with Crippen LogP contribution in [0.25, 0.3) is 0 Å². The van der Waals surface area contributed by atoms with E-state index in [4.69, 9.17) is 0 Å². The van der Waals surface area contributed by atoms with Crippen LogP contribution in [-0.4, -0.2) is 47.2 Å². The Kier molecular flexibility index (Phi) is 4.50.